The van der Waals surface area contributed by atoms with Gasteiger partial charge < -0.3 is 9.84 Å². The van der Waals surface area contributed by atoms with Gasteiger partial charge in [0.2, 0.25) is 0 Å². The molecule has 1 saturated heterocycles. The van der Waals surface area contributed by atoms with Crippen molar-refractivity contribution < 1.29 is 23.1 Å². The molecule has 0 aromatic heterocycles. The van der Waals surface area contributed by atoms with Crippen LogP contribution in [0, 0.1) is 5.92 Å². The van der Waals surface area contributed by atoms with Gasteiger partial charge in [0.25, 0.3) is 10.2 Å². The SMILES string of the molecule is COCCNS(=O)(=O)N1CCC(C)C1C(=O)O. The molecule has 0 aromatic rings. The van der Waals surface area contributed by atoms with E-state index in [2.05, 4.69) is 4.72 Å². The number of rotatable bonds is 6. The molecule has 0 spiro atoms. The number of aliphatic carboxylic acids is 1. The average Bonchev–Trinajstić information content (AvgIpc) is 2.61. The van der Waals surface area contributed by atoms with E-state index in [1.807, 2.05) is 0 Å². The molecule has 1 rings (SSSR count). The Labute approximate surface area is 101 Å². The van der Waals surface area contributed by atoms with Crippen LogP contribution in [-0.4, -0.2) is 56.6 Å². The van der Waals surface area contributed by atoms with Gasteiger partial charge in [0.1, 0.15) is 6.04 Å². The first-order valence-corrected chi connectivity index (χ1v) is 6.82. The van der Waals surface area contributed by atoms with Gasteiger partial charge in [0.15, 0.2) is 0 Å². The average molecular weight is 266 g/mol. The van der Waals surface area contributed by atoms with Crippen molar-refractivity contribution in [2.24, 2.45) is 5.92 Å². The largest absolute Gasteiger partial charge is 0.480 e. The van der Waals surface area contributed by atoms with Crippen LogP contribution in [0.25, 0.3) is 0 Å². The molecule has 1 heterocycles. The van der Waals surface area contributed by atoms with Gasteiger partial charge in [-0.3, -0.25) is 4.79 Å². The zero-order valence-corrected chi connectivity index (χ0v) is 10.7. The van der Waals surface area contributed by atoms with Crippen LogP contribution in [0.4, 0.5) is 0 Å². The van der Waals surface area contributed by atoms with Crippen molar-refractivity contribution in [1.29, 1.82) is 0 Å². The van der Waals surface area contributed by atoms with E-state index in [1.54, 1.807) is 6.92 Å². The summed E-state index contributed by atoms with van der Waals surface area (Å²) >= 11 is 0. The maximum absolute atomic E-state index is 11.9. The molecule has 0 bridgehead atoms. The minimum absolute atomic E-state index is 0.135. The summed E-state index contributed by atoms with van der Waals surface area (Å²) in [6.45, 7) is 2.36. The molecule has 1 aliphatic heterocycles. The summed E-state index contributed by atoms with van der Waals surface area (Å²) in [5, 5.41) is 9.03. The zero-order chi connectivity index (χ0) is 13.1. The van der Waals surface area contributed by atoms with Crippen molar-refractivity contribution in [1.82, 2.24) is 9.03 Å². The highest BCUT2D eigenvalue weighted by Crippen LogP contribution is 2.26. The van der Waals surface area contributed by atoms with Crippen molar-refractivity contribution in [3.63, 3.8) is 0 Å². The molecule has 2 N–H and O–H groups in total. The molecular weight excluding hydrogens is 248 g/mol. The molecule has 0 aromatic carbocycles. The summed E-state index contributed by atoms with van der Waals surface area (Å²) in [5.74, 6) is -1.28. The van der Waals surface area contributed by atoms with Gasteiger partial charge in [-0.1, -0.05) is 6.92 Å². The number of carboxylic acids is 1. The summed E-state index contributed by atoms with van der Waals surface area (Å²) in [6, 6.07) is -0.977. The highest BCUT2D eigenvalue weighted by atomic mass is 32.2. The Morgan fingerprint density at radius 1 is 1.59 bits per heavy atom. The Hall–Kier alpha value is -0.700. The first-order valence-electron chi connectivity index (χ1n) is 5.38. The number of carbonyl (C=O) groups is 1. The standard InChI is InChI=1S/C9H18N2O5S/c1-7-3-5-11(8(7)9(12)13)17(14,15)10-4-6-16-2/h7-8,10H,3-6H2,1-2H3,(H,12,13). The van der Waals surface area contributed by atoms with Crippen molar-refractivity contribution in [3.05, 3.63) is 0 Å². The lowest BCUT2D eigenvalue weighted by molar-refractivity contribution is -0.141. The molecule has 0 amide bonds. The van der Waals surface area contributed by atoms with E-state index < -0.39 is 22.2 Å². The number of methoxy groups -OCH3 is 1. The summed E-state index contributed by atoms with van der Waals surface area (Å²) in [5.41, 5.74) is 0. The van der Waals surface area contributed by atoms with E-state index in [0.717, 1.165) is 4.31 Å². The van der Waals surface area contributed by atoms with Gasteiger partial charge in [-0.25, -0.2) is 0 Å². The fourth-order valence-electron chi connectivity index (χ4n) is 1.90. The Balaban J connectivity index is 2.73. The number of hydrogen-bond donors (Lipinski definition) is 2. The molecule has 7 nitrogen and oxygen atoms in total. The van der Waals surface area contributed by atoms with Gasteiger partial charge in [-0.05, 0) is 12.3 Å². The van der Waals surface area contributed by atoms with E-state index >= 15 is 0 Å². The quantitative estimate of drug-likeness (QED) is 0.617. The lowest BCUT2D eigenvalue weighted by Gasteiger charge is -2.22. The van der Waals surface area contributed by atoms with E-state index in [0.29, 0.717) is 6.42 Å². The molecular formula is C9H18N2O5S. The van der Waals surface area contributed by atoms with Crippen LogP contribution in [0.1, 0.15) is 13.3 Å². The number of nitrogens with one attached hydrogen (secondary N) is 1. The second-order valence-electron chi connectivity index (χ2n) is 4.05. The lowest BCUT2D eigenvalue weighted by atomic mass is 10.0. The molecule has 100 valence electrons. The lowest BCUT2D eigenvalue weighted by Crippen LogP contribution is -2.48. The van der Waals surface area contributed by atoms with Crippen molar-refractivity contribution in [2.45, 2.75) is 19.4 Å². The van der Waals surface area contributed by atoms with Gasteiger partial charge >= 0.3 is 5.97 Å². The molecule has 0 saturated carbocycles. The van der Waals surface area contributed by atoms with Gasteiger partial charge in [-0.2, -0.15) is 17.4 Å². The van der Waals surface area contributed by atoms with Gasteiger partial charge in [0, 0.05) is 20.2 Å². The normalized spacial score (nSPS) is 26.2. The first-order chi connectivity index (χ1) is 7.90. The molecule has 2 atom stereocenters. The van der Waals surface area contributed by atoms with E-state index in [-0.39, 0.29) is 25.6 Å². The summed E-state index contributed by atoms with van der Waals surface area (Å²) in [6.07, 6.45) is 0.558. The molecule has 17 heavy (non-hydrogen) atoms. The molecule has 1 aliphatic rings. The smallest absolute Gasteiger partial charge is 0.322 e. The third-order valence-electron chi connectivity index (χ3n) is 2.81. The fraction of sp³-hybridized carbons (Fsp3) is 0.889. The second kappa shape index (κ2) is 5.76. The predicted octanol–water partition coefficient (Wildman–Crippen LogP) is -0.738. The van der Waals surface area contributed by atoms with E-state index in [9.17, 15) is 13.2 Å². The second-order valence-corrected chi connectivity index (χ2v) is 5.76. The molecule has 2 unspecified atom stereocenters. The molecule has 1 fully saturated rings. The number of carboxylic acid groups (broad SMARTS) is 1. The Kier molecular flexibility index (Phi) is 4.87. The van der Waals surface area contributed by atoms with Crippen molar-refractivity contribution >= 4 is 16.2 Å². The zero-order valence-electron chi connectivity index (χ0n) is 9.92. The van der Waals surface area contributed by atoms with Crippen LogP contribution in [0.3, 0.4) is 0 Å². The third-order valence-corrected chi connectivity index (χ3v) is 4.40. The molecule has 8 heteroatoms. The van der Waals surface area contributed by atoms with Crippen LogP contribution in [0.2, 0.25) is 0 Å². The van der Waals surface area contributed by atoms with Crippen LogP contribution < -0.4 is 4.72 Å². The fourth-order valence-corrected chi connectivity index (χ4v) is 3.35. The predicted molar refractivity (Wildman–Crippen MR) is 60.7 cm³/mol. The minimum Gasteiger partial charge on any atom is -0.480 e. The topological polar surface area (TPSA) is 95.9 Å². The Morgan fingerprint density at radius 3 is 2.76 bits per heavy atom. The van der Waals surface area contributed by atoms with Crippen LogP contribution >= 0.6 is 0 Å². The third kappa shape index (κ3) is 3.38. The maximum Gasteiger partial charge on any atom is 0.322 e. The summed E-state index contributed by atoms with van der Waals surface area (Å²) in [4.78, 5) is 11.0. The summed E-state index contributed by atoms with van der Waals surface area (Å²) < 4.78 is 31.8. The van der Waals surface area contributed by atoms with Gasteiger partial charge in [0.05, 0.1) is 6.61 Å². The van der Waals surface area contributed by atoms with Crippen LogP contribution in [0.5, 0.6) is 0 Å². The van der Waals surface area contributed by atoms with Crippen molar-refractivity contribution in [2.75, 3.05) is 26.8 Å². The molecule has 0 aliphatic carbocycles. The van der Waals surface area contributed by atoms with Crippen LogP contribution in [0.15, 0.2) is 0 Å². The minimum atomic E-state index is -3.74. The highest BCUT2D eigenvalue weighted by Gasteiger charge is 2.43. The van der Waals surface area contributed by atoms with E-state index in [1.165, 1.54) is 7.11 Å². The first kappa shape index (κ1) is 14.4. The Morgan fingerprint density at radius 2 is 2.24 bits per heavy atom. The van der Waals surface area contributed by atoms with Crippen LogP contribution in [-0.2, 0) is 19.7 Å². The van der Waals surface area contributed by atoms with Gasteiger partial charge in [-0.15, -0.1) is 0 Å². The number of ether oxygens (including phenoxy) is 1. The maximum atomic E-state index is 11.9. The van der Waals surface area contributed by atoms with Crippen molar-refractivity contribution in [3.8, 4) is 0 Å². The van der Waals surface area contributed by atoms with E-state index in [4.69, 9.17) is 9.84 Å². The number of nitrogens with zero attached hydrogens (tertiary/aromatic N) is 1. The molecule has 0 radical (unpaired) electrons. The Bertz CT molecular complexity index is 370. The highest BCUT2D eigenvalue weighted by molar-refractivity contribution is 7.87. The monoisotopic (exact) mass is 266 g/mol. The number of hydrogen-bond acceptors (Lipinski definition) is 4. The summed E-state index contributed by atoms with van der Waals surface area (Å²) in [7, 11) is -2.27.